The summed E-state index contributed by atoms with van der Waals surface area (Å²) in [7, 11) is -14.7. The van der Waals surface area contributed by atoms with Crippen LogP contribution >= 0.6 is 34.8 Å². The summed E-state index contributed by atoms with van der Waals surface area (Å²) in [5.41, 5.74) is 2.44. The number of aromatic nitrogens is 7. The topological polar surface area (TPSA) is 360 Å². The molecule has 0 unspecified atom stereocenters. The van der Waals surface area contributed by atoms with Crippen LogP contribution in [0.4, 0.5) is 52.2 Å². The zero-order valence-electron chi connectivity index (χ0n) is 38.2. The second-order valence-corrected chi connectivity index (χ2v) is 21.2. The number of para-hydroxylation sites is 1. The first-order valence-electron chi connectivity index (χ1n) is 21.4. The van der Waals surface area contributed by atoms with Crippen molar-refractivity contribution in [3.05, 3.63) is 104 Å². The van der Waals surface area contributed by atoms with Crippen LogP contribution in [0.5, 0.6) is 11.5 Å². The third-order valence-electron chi connectivity index (χ3n) is 10.8. The number of anilines is 9. The van der Waals surface area contributed by atoms with Gasteiger partial charge in [-0.25, -0.2) is 4.98 Å². The van der Waals surface area contributed by atoms with Gasteiger partial charge in [0.1, 0.15) is 26.8 Å². The summed E-state index contributed by atoms with van der Waals surface area (Å²) in [5.74, 6) is -0.646. The fourth-order valence-corrected chi connectivity index (χ4v) is 10.4. The Kier molecular flexibility index (Phi) is 14.1. The molecule has 0 atom stereocenters. The number of hydrogen-bond acceptors (Lipinski definition) is 22. The lowest BCUT2D eigenvalue weighted by Crippen LogP contribution is -2.20. The van der Waals surface area contributed by atoms with Crippen molar-refractivity contribution >= 4 is 128 Å². The largest absolute Gasteiger partial charge is 0.451 e. The van der Waals surface area contributed by atoms with Crippen molar-refractivity contribution in [2.24, 2.45) is 4.99 Å². The van der Waals surface area contributed by atoms with E-state index < -0.39 is 50.8 Å². The molecule has 74 heavy (non-hydrogen) atoms. The molecule has 1 aliphatic carbocycles. The van der Waals surface area contributed by atoms with Crippen LogP contribution in [0.1, 0.15) is 16.7 Å². The minimum Gasteiger partial charge on any atom is -0.451 e. The lowest BCUT2D eigenvalue weighted by molar-refractivity contribution is 0.447. The van der Waals surface area contributed by atoms with Crippen LogP contribution in [0.25, 0.3) is 22.6 Å². The molecule has 3 aliphatic rings. The van der Waals surface area contributed by atoms with Gasteiger partial charge in [-0.3, -0.25) is 18.7 Å². The molecule has 0 saturated heterocycles. The predicted octanol–water partition coefficient (Wildman–Crippen LogP) is 7.80. The van der Waals surface area contributed by atoms with Gasteiger partial charge >= 0.3 is 10.1 Å². The van der Waals surface area contributed by atoms with Gasteiger partial charge in [0.15, 0.2) is 32.6 Å². The number of ether oxygens (including phenoxy) is 1. The second-order valence-electron chi connectivity index (χ2n) is 16.0. The average molecular weight is 1130 g/mol. The standard InChI is InChI=1S/C43H37Cl3N14O11S3/c1-19-8-9-23(28(18-19)72(61,62)63)54-43-58-39(46)56-41(60-43)50-17-15-48-27-12-10-24-34(37(27)74(67,68)69)71-35-29(44)31-32(21(3)30(35)51-24)70-33-25(52-31)11-13-26(36(33)73(64,65)66)47-14-16-49-40-55-38(45)57-42(59-40)53-22-7-5-4-6-20(22)2/h4-13,18,47,52H,14-17H2,1-3H3,(H,61,62,63)(H,64,65,66)(H,67,68,69)(H2,49,53,55,57,59)(H2,50,54,56,58,60). The Hall–Kier alpha value is -7.28. The summed E-state index contributed by atoms with van der Waals surface area (Å²) in [6, 6.07) is 17.3. The van der Waals surface area contributed by atoms with Crippen LogP contribution in [0.15, 0.2) is 90.8 Å². The van der Waals surface area contributed by atoms with Gasteiger partial charge in [-0.1, -0.05) is 35.9 Å². The molecule has 384 valence electrons. The van der Waals surface area contributed by atoms with E-state index in [-0.39, 0.29) is 128 Å². The molecule has 6 aromatic rings. The third kappa shape index (κ3) is 11.0. The summed E-state index contributed by atoms with van der Waals surface area (Å²) < 4.78 is 119. The predicted molar refractivity (Wildman–Crippen MR) is 274 cm³/mol. The van der Waals surface area contributed by atoms with Crippen LogP contribution in [-0.2, 0) is 30.4 Å². The Morgan fingerprint density at radius 1 is 0.635 bits per heavy atom. The number of aryl methyl sites for hydroxylation is 3. The van der Waals surface area contributed by atoms with Crippen molar-refractivity contribution in [3.63, 3.8) is 0 Å². The first kappa shape index (κ1) is 51.6. The van der Waals surface area contributed by atoms with Gasteiger partial charge in [0, 0.05) is 30.9 Å². The first-order valence-corrected chi connectivity index (χ1v) is 26.9. The van der Waals surface area contributed by atoms with Gasteiger partial charge in [0.2, 0.25) is 34.4 Å². The van der Waals surface area contributed by atoms with Crippen molar-refractivity contribution in [2.45, 2.75) is 35.5 Å². The maximum Gasteiger partial charge on any atom is 0.300 e. The summed E-state index contributed by atoms with van der Waals surface area (Å²) >= 11 is 19.2. The normalized spacial score (nSPS) is 12.7. The third-order valence-corrected chi connectivity index (χ3v) is 14.2. The van der Waals surface area contributed by atoms with E-state index in [0.717, 1.165) is 11.3 Å². The van der Waals surface area contributed by atoms with Gasteiger partial charge in [0.05, 0.1) is 29.0 Å². The lowest BCUT2D eigenvalue weighted by Gasteiger charge is -2.27. The zero-order valence-corrected chi connectivity index (χ0v) is 42.9. The molecule has 4 heterocycles. The van der Waals surface area contributed by atoms with E-state index in [1.807, 2.05) is 31.2 Å². The molecule has 2 aromatic heterocycles. The van der Waals surface area contributed by atoms with Crippen LogP contribution < -0.4 is 42.0 Å². The average Bonchev–Trinajstić information content (AvgIpc) is 3.32. The Labute approximate surface area is 434 Å². The van der Waals surface area contributed by atoms with E-state index in [1.54, 1.807) is 19.9 Å². The molecule has 0 spiro atoms. The number of hydrogen-bond donors (Lipinski definition) is 9. The Morgan fingerprint density at radius 2 is 1.26 bits per heavy atom. The van der Waals surface area contributed by atoms with Crippen molar-refractivity contribution < 1.29 is 48.1 Å². The molecule has 0 radical (unpaired) electrons. The van der Waals surface area contributed by atoms with E-state index in [4.69, 9.17) is 44.0 Å². The SMILES string of the molecule is Cc1ccc(Nc2nc(Cl)nc(NCCN=c3ccc4nc5c(C)c6c(c(Cl)c5oc-4c3S(=O)(=O)O)Nc3ccc(NCCNc4nc(Cl)nc(Nc5ccccc5C)n4)c(S(=O)(=O)O)c3O6)n2)c(S(=O)(=O)O)c1. The molecule has 0 bridgehead atoms. The summed E-state index contributed by atoms with van der Waals surface area (Å²) in [6.45, 7) is 5.14. The molecule has 31 heteroatoms. The van der Waals surface area contributed by atoms with Crippen LogP contribution in [0.3, 0.4) is 0 Å². The number of halogens is 3. The Morgan fingerprint density at radius 3 is 1.92 bits per heavy atom. The quantitative estimate of drug-likeness (QED) is 0.0253. The number of rotatable bonds is 16. The molecule has 2 aliphatic heterocycles. The summed E-state index contributed by atoms with van der Waals surface area (Å²) in [6.07, 6.45) is 0. The van der Waals surface area contributed by atoms with Crippen molar-refractivity contribution in [2.75, 3.05) is 58.1 Å². The smallest absolute Gasteiger partial charge is 0.300 e. The molecule has 9 rings (SSSR count). The highest BCUT2D eigenvalue weighted by molar-refractivity contribution is 7.86. The van der Waals surface area contributed by atoms with Crippen molar-refractivity contribution in [1.82, 2.24) is 34.9 Å². The van der Waals surface area contributed by atoms with Gasteiger partial charge in [0.25, 0.3) is 20.2 Å². The fraction of sp³-hybridized carbons (Fsp3) is 0.163. The molecule has 25 nitrogen and oxygen atoms in total. The molecule has 0 amide bonds. The molecule has 4 aromatic carbocycles. The highest BCUT2D eigenvalue weighted by Gasteiger charge is 2.34. The first-order chi connectivity index (χ1) is 35.0. The van der Waals surface area contributed by atoms with Gasteiger partial charge in [-0.15, -0.1) is 0 Å². The monoisotopic (exact) mass is 1130 g/mol. The lowest BCUT2D eigenvalue weighted by atomic mass is 10.1. The van der Waals surface area contributed by atoms with Crippen molar-refractivity contribution in [3.8, 4) is 23.0 Å². The minimum absolute atomic E-state index is 0.00270. The van der Waals surface area contributed by atoms with E-state index in [9.17, 15) is 38.9 Å². The Bertz CT molecular complexity index is 3990. The van der Waals surface area contributed by atoms with E-state index >= 15 is 0 Å². The number of nitrogens with zero attached hydrogens (tertiary/aromatic N) is 8. The van der Waals surface area contributed by atoms with E-state index in [1.165, 1.54) is 36.4 Å². The van der Waals surface area contributed by atoms with Gasteiger partial charge in [-0.2, -0.15) is 55.2 Å². The van der Waals surface area contributed by atoms with Crippen LogP contribution in [-0.4, -0.2) is 100.0 Å². The van der Waals surface area contributed by atoms with E-state index in [0.29, 0.717) is 5.56 Å². The highest BCUT2D eigenvalue weighted by Crippen LogP contribution is 2.53. The maximum absolute atomic E-state index is 13.0. The fourth-order valence-electron chi connectivity index (χ4n) is 7.55. The number of fused-ring (bicyclic) bond motifs is 4. The summed E-state index contributed by atoms with van der Waals surface area (Å²) in [5, 5.41) is 16.9. The Balaban J connectivity index is 0.952. The molecular weight excluding hydrogens is 1090 g/mol. The van der Waals surface area contributed by atoms with Crippen LogP contribution in [0, 0.1) is 20.8 Å². The number of nitrogens with one attached hydrogen (secondary N) is 6. The van der Waals surface area contributed by atoms with Crippen molar-refractivity contribution in [1.29, 1.82) is 0 Å². The number of benzene rings is 5. The molecular formula is C43H37Cl3N14O11S3. The summed E-state index contributed by atoms with van der Waals surface area (Å²) in [4.78, 5) is 31.9. The molecule has 0 fully saturated rings. The highest BCUT2D eigenvalue weighted by atomic mass is 35.5. The molecule has 0 saturated carbocycles. The van der Waals surface area contributed by atoms with Gasteiger partial charge < -0.3 is 41.1 Å². The van der Waals surface area contributed by atoms with E-state index in [2.05, 4.69) is 71.8 Å². The zero-order chi connectivity index (χ0) is 52.9. The maximum atomic E-state index is 13.0. The second kappa shape index (κ2) is 20.2. The minimum atomic E-state index is -5.08. The molecule has 9 N–H and O–H groups in total. The van der Waals surface area contributed by atoms with Gasteiger partial charge in [-0.05, 0) is 97.6 Å². The van der Waals surface area contributed by atoms with Crippen LogP contribution in [0.2, 0.25) is 15.6 Å².